The Morgan fingerprint density at radius 2 is 1.92 bits per heavy atom. The minimum Gasteiger partial charge on any atom is -0.506 e. The van der Waals surface area contributed by atoms with Crippen LogP contribution in [0.15, 0.2) is 47.3 Å². The molecule has 0 spiro atoms. The minimum absolute atomic E-state index is 0.000634. The molecule has 4 N–H and O–H groups in total. The van der Waals surface area contributed by atoms with Gasteiger partial charge in [-0.05, 0) is 51.1 Å². The van der Waals surface area contributed by atoms with Crippen molar-refractivity contribution in [2.24, 2.45) is 0 Å². The average molecular weight is 562 g/mol. The predicted octanol–water partition coefficient (Wildman–Crippen LogP) is 5.08. The van der Waals surface area contributed by atoms with E-state index in [1.54, 1.807) is 22.7 Å². The predicted molar refractivity (Wildman–Crippen MR) is 157 cm³/mol. The number of aromatic nitrogens is 1. The van der Waals surface area contributed by atoms with Crippen molar-refractivity contribution in [3.05, 3.63) is 63.3 Å². The molecule has 8 nitrogen and oxygen atoms in total. The van der Waals surface area contributed by atoms with Crippen LogP contribution >= 0.6 is 23.1 Å². The number of H-pyrrole nitrogens is 1. The van der Waals surface area contributed by atoms with Gasteiger partial charge in [0.25, 0.3) is 0 Å². The molecule has 0 saturated heterocycles. The van der Waals surface area contributed by atoms with Gasteiger partial charge in [-0.15, -0.1) is 0 Å². The van der Waals surface area contributed by atoms with Gasteiger partial charge in [-0.1, -0.05) is 54.7 Å². The van der Waals surface area contributed by atoms with Crippen molar-refractivity contribution in [3.8, 4) is 5.75 Å². The van der Waals surface area contributed by atoms with E-state index in [9.17, 15) is 19.8 Å². The van der Waals surface area contributed by atoms with Crippen molar-refractivity contribution < 1.29 is 19.7 Å². The molecule has 0 unspecified atom stereocenters. The van der Waals surface area contributed by atoms with Crippen molar-refractivity contribution >= 4 is 39.4 Å². The lowest BCUT2D eigenvalue weighted by molar-refractivity contribution is 0.0679. The van der Waals surface area contributed by atoms with Crippen LogP contribution in [0, 0.1) is 0 Å². The number of rotatable bonds is 13. The largest absolute Gasteiger partial charge is 0.506 e. The van der Waals surface area contributed by atoms with Crippen LogP contribution in [0.1, 0.15) is 57.3 Å². The summed E-state index contributed by atoms with van der Waals surface area (Å²) < 4.78 is 6.24. The van der Waals surface area contributed by atoms with Gasteiger partial charge in [0.2, 0.25) is 0 Å². The summed E-state index contributed by atoms with van der Waals surface area (Å²) in [6.45, 7) is 10.1. The van der Waals surface area contributed by atoms with Crippen LogP contribution in [-0.2, 0) is 4.74 Å². The van der Waals surface area contributed by atoms with E-state index in [0.717, 1.165) is 41.4 Å². The summed E-state index contributed by atoms with van der Waals surface area (Å²) in [5, 5.41) is 23.8. The number of ether oxygens (including phenoxy) is 1. The molecule has 0 saturated carbocycles. The number of thioether (sulfide) groups is 1. The zero-order chi connectivity index (χ0) is 27.7. The Kier molecular flexibility index (Phi) is 11.1. The summed E-state index contributed by atoms with van der Waals surface area (Å²) >= 11 is 2.76. The number of nitrogens with one attached hydrogen (secondary N) is 2. The zero-order valence-electron chi connectivity index (χ0n) is 22.5. The van der Waals surface area contributed by atoms with E-state index in [1.807, 2.05) is 51.1 Å². The van der Waals surface area contributed by atoms with Crippen LogP contribution < -0.4 is 10.2 Å². The van der Waals surface area contributed by atoms with E-state index in [0.29, 0.717) is 35.5 Å². The minimum atomic E-state index is -0.784. The Morgan fingerprint density at radius 1 is 1.18 bits per heavy atom. The maximum Gasteiger partial charge on any atom is 0.410 e. The number of phenolic OH excluding ortho intramolecular Hbond substituents is 1. The van der Waals surface area contributed by atoms with Crippen LogP contribution in [0.3, 0.4) is 0 Å². The molecule has 2 atom stereocenters. The Hall–Kier alpha value is -2.53. The second-order valence-electron chi connectivity index (χ2n) is 10.3. The molecule has 1 amide bonds. The van der Waals surface area contributed by atoms with Gasteiger partial charge in [-0.3, -0.25) is 4.79 Å². The van der Waals surface area contributed by atoms with Gasteiger partial charge in [0.05, 0.1) is 17.4 Å². The molecule has 0 aliphatic rings. The number of fused-ring (bicyclic) bond motifs is 1. The Morgan fingerprint density at radius 3 is 2.63 bits per heavy atom. The lowest BCUT2D eigenvalue weighted by Crippen LogP contribution is -2.47. The number of amides is 1. The molecule has 38 heavy (non-hydrogen) atoms. The number of carbonyl (C=O) groups excluding carboxylic acids is 1. The number of hydrogen-bond acceptors (Lipinski definition) is 8. The Labute approximate surface area is 232 Å². The third-order valence-electron chi connectivity index (χ3n) is 6.24. The van der Waals surface area contributed by atoms with Gasteiger partial charge in [-0.25, -0.2) is 4.79 Å². The van der Waals surface area contributed by atoms with Crippen LogP contribution in [-0.4, -0.2) is 69.5 Å². The van der Waals surface area contributed by atoms with Gasteiger partial charge >= 0.3 is 11.0 Å². The number of hydrogen-bond donors (Lipinski definition) is 4. The highest BCUT2D eigenvalue weighted by molar-refractivity contribution is 7.99. The third kappa shape index (κ3) is 8.49. The maximum absolute atomic E-state index is 12.8. The fraction of sp³-hybridized carbons (Fsp3) is 0.500. The molecule has 0 aliphatic carbocycles. The van der Waals surface area contributed by atoms with Crippen molar-refractivity contribution in [1.29, 1.82) is 0 Å². The number of nitrogens with zero attached hydrogens (tertiary/aromatic N) is 1. The quantitative estimate of drug-likeness (QED) is 0.215. The first-order valence-electron chi connectivity index (χ1n) is 12.9. The van der Waals surface area contributed by atoms with Gasteiger partial charge in [0.15, 0.2) is 0 Å². The summed E-state index contributed by atoms with van der Waals surface area (Å²) in [7, 11) is 0. The molecule has 0 radical (unpaired) electrons. The highest BCUT2D eigenvalue weighted by Gasteiger charge is 2.27. The first-order valence-corrected chi connectivity index (χ1v) is 14.9. The van der Waals surface area contributed by atoms with Crippen LogP contribution in [0.2, 0.25) is 0 Å². The molecule has 0 bridgehead atoms. The summed E-state index contributed by atoms with van der Waals surface area (Å²) in [5.41, 5.74) is 1.80. The average Bonchev–Trinajstić information content (AvgIpc) is 3.28. The van der Waals surface area contributed by atoms with Gasteiger partial charge in [-0.2, -0.15) is 11.8 Å². The van der Waals surface area contributed by atoms with Crippen molar-refractivity contribution in [3.63, 3.8) is 0 Å². The summed E-state index contributed by atoms with van der Waals surface area (Å²) in [6, 6.07) is 13.2. The molecule has 3 aromatic rings. The molecule has 1 aromatic heterocycles. The highest BCUT2D eigenvalue weighted by Crippen LogP contribution is 2.31. The first-order chi connectivity index (χ1) is 18.1. The van der Waals surface area contributed by atoms with Crippen LogP contribution in [0.5, 0.6) is 5.75 Å². The number of benzene rings is 2. The SMILES string of the molecule is C[C@H](COC(=O)N(CCSCCCNC[C@H](O)c1ccc(O)c2[nH]c(=O)sc12)C(C)(C)C)c1ccccc1. The Bertz CT molecular complexity index is 1220. The molecule has 0 fully saturated rings. The smallest absolute Gasteiger partial charge is 0.410 e. The fourth-order valence-corrected chi connectivity index (χ4v) is 5.84. The standard InChI is InChI=1S/C28H39N3O5S2/c1-19(20-9-6-5-7-10-20)18-36-27(35)31(28(2,3)4)14-16-37-15-8-13-29-17-23(33)21-11-12-22(32)24-25(21)38-26(34)30-24/h5-7,9-12,19,23,29,32-33H,8,13-18H2,1-4H3,(H,30,34)/t19-,23+/m1/s1. The number of aromatic amines is 1. The summed E-state index contributed by atoms with van der Waals surface area (Å²) in [6.07, 6.45) is -0.158. The normalized spacial score (nSPS) is 13.4. The van der Waals surface area contributed by atoms with E-state index < -0.39 is 6.10 Å². The summed E-state index contributed by atoms with van der Waals surface area (Å²) in [5.74, 6) is 1.86. The number of aliphatic hydroxyl groups excluding tert-OH is 1. The van der Waals surface area contributed by atoms with Crippen molar-refractivity contribution in [2.75, 3.05) is 37.7 Å². The lowest BCUT2D eigenvalue weighted by atomic mass is 10.0. The maximum atomic E-state index is 12.8. The third-order valence-corrected chi connectivity index (χ3v) is 8.22. The number of carbonyl (C=O) groups is 1. The number of aromatic hydroxyl groups is 1. The van der Waals surface area contributed by atoms with Gasteiger partial charge in [0, 0.05) is 35.9 Å². The molecule has 208 valence electrons. The number of thiazole rings is 1. The molecular weight excluding hydrogens is 522 g/mol. The second kappa shape index (κ2) is 14.0. The van der Waals surface area contributed by atoms with E-state index in [1.165, 1.54) is 6.07 Å². The number of aliphatic hydroxyl groups is 1. The lowest BCUT2D eigenvalue weighted by Gasteiger charge is -2.35. The molecular formula is C28H39N3O5S2. The Balaban J connectivity index is 1.35. The molecule has 1 heterocycles. The van der Waals surface area contributed by atoms with E-state index in [4.69, 9.17) is 4.74 Å². The molecule has 0 aliphatic heterocycles. The second-order valence-corrected chi connectivity index (χ2v) is 12.5. The number of phenols is 1. The molecule has 2 aromatic carbocycles. The topological polar surface area (TPSA) is 115 Å². The van der Waals surface area contributed by atoms with Gasteiger partial charge in [0.1, 0.15) is 11.3 Å². The van der Waals surface area contributed by atoms with Crippen molar-refractivity contribution in [1.82, 2.24) is 15.2 Å². The van der Waals surface area contributed by atoms with Crippen LogP contribution in [0.25, 0.3) is 10.2 Å². The highest BCUT2D eigenvalue weighted by atomic mass is 32.2. The van der Waals surface area contributed by atoms with Gasteiger partial charge < -0.3 is 30.2 Å². The van der Waals surface area contributed by atoms with E-state index in [-0.39, 0.29) is 28.2 Å². The van der Waals surface area contributed by atoms with Crippen molar-refractivity contribution in [2.45, 2.75) is 51.7 Å². The summed E-state index contributed by atoms with van der Waals surface area (Å²) in [4.78, 5) is 28.6. The van der Waals surface area contributed by atoms with Crippen LogP contribution in [0.4, 0.5) is 4.79 Å². The molecule has 10 heteroatoms. The zero-order valence-corrected chi connectivity index (χ0v) is 24.2. The van der Waals surface area contributed by atoms with E-state index in [2.05, 4.69) is 17.2 Å². The fourth-order valence-electron chi connectivity index (χ4n) is 4.06. The molecule has 3 rings (SSSR count). The van der Waals surface area contributed by atoms with E-state index >= 15 is 0 Å². The first kappa shape index (κ1) is 30.0. The monoisotopic (exact) mass is 561 g/mol.